The lowest BCUT2D eigenvalue weighted by molar-refractivity contribution is 0.899. The molecule has 1 aromatic carbocycles. The van der Waals surface area contributed by atoms with E-state index in [-0.39, 0.29) is 5.28 Å². The van der Waals surface area contributed by atoms with Crippen molar-refractivity contribution in [1.29, 1.82) is 0 Å². The Bertz CT molecular complexity index is 550. The van der Waals surface area contributed by atoms with Gasteiger partial charge in [0.1, 0.15) is 0 Å². The summed E-state index contributed by atoms with van der Waals surface area (Å²) in [5.74, 6) is 0.465. The first-order valence-corrected chi connectivity index (χ1v) is 6.84. The van der Waals surface area contributed by atoms with Crippen molar-refractivity contribution in [3.05, 3.63) is 34.6 Å². The molecule has 0 saturated heterocycles. The fourth-order valence-electron chi connectivity index (χ4n) is 1.24. The van der Waals surface area contributed by atoms with Crippen LogP contribution in [-0.2, 0) is 0 Å². The molecule has 0 saturated carbocycles. The summed E-state index contributed by atoms with van der Waals surface area (Å²) in [6.45, 7) is 2.68. The van der Waals surface area contributed by atoms with Gasteiger partial charge in [-0.15, -0.1) is 0 Å². The van der Waals surface area contributed by atoms with Gasteiger partial charge in [-0.05, 0) is 42.4 Å². The summed E-state index contributed by atoms with van der Waals surface area (Å²) in [5.41, 5.74) is 0. The molecule has 18 heavy (non-hydrogen) atoms. The molecule has 0 aliphatic rings. The third-order valence-electron chi connectivity index (χ3n) is 1.96. The highest BCUT2D eigenvalue weighted by Crippen LogP contribution is 2.31. The number of halogens is 2. The van der Waals surface area contributed by atoms with Crippen LogP contribution in [0.25, 0.3) is 0 Å². The van der Waals surface area contributed by atoms with E-state index in [0.717, 1.165) is 11.4 Å². The molecule has 0 spiro atoms. The van der Waals surface area contributed by atoms with E-state index in [4.69, 9.17) is 23.2 Å². The summed E-state index contributed by atoms with van der Waals surface area (Å²) in [7, 11) is 0. The normalized spacial score (nSPS) is 10.4. The van der Waals surface area contributed by atoms with Gasteiger partial charge in [0.05, 0.1) is 5.02 Å². The van der Waals surface area contributed by atoms with Crippen LogP contribution in [0, 0.1) is 0 Å². The van der Waals surface area contributed by atoms with E-state index in [2.05, 4.69) is 20.3 Å². The molecule has 1 N–H and O–H groups in total. The van der Waals surface area contributed by atoms with Crippen molar-refractivity contribution < 1.29 is 0 Å². The van der Waals surface area contributed by atoms with Crippen molar-refractivity contribution in [2.75, 3.05) is 11.9 Å². The van der Waals surface area contributed by atoms with Gasteiger partial charge in [-0.1, -0.05) is 23.7 Å². The molecule has 4 nitrogen and oxygen atoms in total. The van der Waals surface area contributed by atoms with Gasteiger partial charge in [-0.2, -0.15) is 15.0 Å². The van der Waals surface area contributed by atoms with Gasteiger partial charge in [0.25, 0.3) is 0 Å². The van der Waals surface area contributed by atoms with Crippen LogP contribution in [-0.4, -0.2) is 21.5 Å². The molecule has 7 heteroatoms. The lowest BCUT2D eigenvalue weighted by Crippen LogP contribution is -2.04. The van der Waals surface area contributed by atoms with Crippen LogP contribution < -0.4 is 5.32 Å². The number of hydrogen-bond acceptors (Lipinski definition) is 5. The van der Waals surface area contributed by atoms with Crippen molar-refractivity contribution in [1.82, 2.24) is 15.0 Å². The van der Waals surface area contributed by atoms with E-state index in [9.17, 15) is 0 Å². The Morgan fingerprint density at radius 3 is 2.67 bits per heavy atom. The number of rotatable bonds is 4. The molecule has 0 bridgehead atoms. The maximum absolute atomic E-state index is 6.07. The van der Waals surface area contributed by atoms with Gasteiger partial charge in [-0.25, -0.2) is 0 Å². The zero-order valence-electron chi connectivity index (χ0n) is 9.52. The highest BCUT2D eigenvalue weighted by atomic mass is 35.5. The topological polar surface area (TPSA) is 50.7 Å². The highest BCUT2D eigenvalue weighted by molar-refractivity contribution is 7.99. The monoisotopic (exact) mass is 300 g/mol. The maximum Gasteiger partial charge on any atom is 0.228 e. The zero-order chi connectivity index (χ0) is 13.0. The van der Waals surface area contributed by atoms with Crippen LogP contribution in [0.5, 0.6) is 0 Å². The lowest BCUT2D eigenvalue weighted by atomic mass is 10.4. The Labute approximate surface area is 119 Å². The van der Waals surface area contributed by atoms with E-state index in [1.807, 2.05) is 31.2 Å². The Kier molecular flexibility index (Phi) is 4.63. The van der Waals surface area contributed by atoms with Crippen LogP contribution in [0.1, 0.15) is 6.92 Å². The SMILES string of the molecule is CCNc1nc(Cl)nc(Sc2ccccc2Cl)n1. The van der Waals surface area contributed by atoms with Crippen molar-refractivity contribution in [2.24, 2.45) is 0 Å². The van der Waals surface area contributed by atoms with E-state index >= 15 is 0 Å². The quantitative estimate of drug-likeness (QED) is 0.931. The maximum atomic E-state index is 6.07. The Hall–Kier alpha value is -1.04. The molecule has 2 aromatic rings. The molecular weight excluding hydrogens is 291 g/mol. The first kappa shape index (κ1) is 13.4. The number of anilines is 1. The smallest absolute Gasteiger partial charge is 0.228 e. The van der Waals surface area contributed by atoms with E-state index in [1.165, 1.54) is 11.8 Å². The van der Waals surface area contributed by atoms with Crippen molar-refractivity contribution >= 4 is 40.9 Å². The fraction of sp³-hybridized carbons (Fsp3) is 0.182. The molecular formula is C11H10Cl2N4S. The third kappa shape index (κ3) is 3.48. The molecule has 0 radical (unpaired) electrons. The first-order chi connectivity index (χ1) is 8.69. The predicted octanol–water partition coefficient (Wildman–Crippen LogP) is 3.76. The Balaban J connectivity index is 2.26. The van der Waals surface area contributed by atoms with Gasteiger partial charge >= 0.3 is 0 Å². The summed E-state index contributed by atoms with van der Waals surface area (Å²) in [5, 5.41) is 4.33. The lowest BCUT2D eigenvalue weighted by Gasteiger charge is -2.05. The molecule has 2 rings (SSSR count). The second-order valence-corrected chi connectivity index (χ2v) is 5.03. The van der Waals surface area contributed by atoms with Crippen LogP contribution >= 0.6 is 35.0 Å². The molecule has 0 unspecified atom stereocenters. The second kappa shape index (κ2) is 6.22. The number of benzene rings is 1. The molecule has 0 aliphatic heterocycles. The Morgan fingerprint density at radius 2 is 1.94 bits per heavy atom. The number of aromatic nitrogens is 3. The summed E-state index contributed by atoms with van der Waals surface area (Å²) in [4.78, 5) is 13.2. The van der Waals surface area contributed by atoms with Crippen LogP contribution in [0.2, 0.25) is 10.3 Å². The summed E-state index contributed by atoms with van der Waals surface area (Å²) < 4.78 is 0. The van der Waals surface area contributed by atoms with Gasteiger partial charge in [0.2, 0.25) is 11.2 Å². The van der Waals surface area contributed by atoms with Crippen molar-refractivity contribution in [3.8, 4) is 0 Å². The zero-order valence-corrected chi connectivity index (χ0v) is 11.9. The minimum atomic E-state index is 0.163. The highest BCUT2D eigenvalue weighted by Gasteiger charge is 2.08. The number of nitrogens with zero attached hydrogens (tertiary/aromatic N) is 3. The van der Waals surface area contributed by atoms with E-state index < -0.39 is 0 Å². The van der Waals surface area contributed by atoms with E-state index in [0.29, 0.717) is 16.1 Å². The average molecular weight is 301 g/mol. The Morgan fingerprint density at radius 1 is 1.17 bits per heavy atom. The van der Waals surface area contributed by atoms with Gasteiger partial charge in [0, 0.05) is 11.4 Å². The van der Waals surface area contributed by atoms with Crippen molar-refractivity contribution in [3.63, 3.8) is 0 Å². The third-order valence-corrected chi connectivity index (χ3v) is 3.51. The van der Waals surface area contributed by atoms with E-state index in [1.54, 1.807) is 0 Å². The summed E-state index contributed by atoms with van der Waals surface area (Å²) in [6, 6.07) is 7.49. The minimum absolute atomic E-state index is 0.163. The molecule has 0 amide bonds. The van der Waals surface area contributed by atoms with Crippen LogP contribution in [0.4, 0.5) is 5.95 Å². The average Bonchev–Trinajstić information content (AvgIpc) is 2.32. The van der Waals surface area contributed by atoms with Gasteiger partial charge in [0.15, 0.2) is 5.16 Å². The molecule has 94 valence electrons. The number of hydrogen-bond donors (Lipinski definition) is 1. The molecule has 1 aromatic heterocycles. The second-order valence-electron chi connectivity index (χ2n) is 3.27. The first-order valence-electron chi connectivity index (χ1n) is 5.27. The molecule has 1 heterocycles. The van der Waals surface area contributed by atoms with Gasteiger partial charge < -0.3 is 5.32 Å². The number of nitrogens with one attached hydrogen (secondary N) is 1. The fourth-order valence-corrected chi connectivity index (χ4v) is 2.48. The van der Waals surface area contributed by atoms with Crippen LogP contribution in [0.3, 0.4) is 0 Å². The minimum Gasteiger partial charge on any atom is -0.354 e. The molecule has 0 atom stereocenters. The predicted molar refractivity (Wildman–Crippen MR) is 74.6 cm³/mol. The summed E-state index contributed by atoms with van der Waals surface area (Å²) in [6.07, 6.45) is 0. The van der Waals surface area contributed by atoms with Gasteiger partial charge in [-0.3, -0.25) is 0 Å². The summed E-state index contributed by atoms with van der Waals surface area (Å²) >= 11 is 13.3. The molecule has 0 fully saturated rings. The largest absolute Gasteiger partial charge is 0.354 e. The standard InChI is InChI=1S/C11H10Cl2N4S/c1-2-14-10-15-9(13)16-11(17-10)18-8-6-4-3-5-7(8)12/h3-6H,2H2,1H3,(H,14,15,16,17). The van der Waals surface area contributed by atoms with Crippen LogP contribution in [0.15, 0.2) is 34.3 Å². The molecule has 0 aliphatic carbocycles. The van der Waals surface area contributed by atoms with Crippen molar-refractivity contribution in [2.45, 2.75) is 17.0 Å².